The van der Waals surface area contributed by atoms with Crippen LogP contribution >= 0.6 is 0 Å². The molecule has 1 atom stereocenters. The highest BCUT2D eigenvalue weighted by atomic mass is 15.3. The van der Waals surface area contributed by atoms with Gasteiger partial charge in [-0.25, -0.2) is 4.52 Å². The van der Waals surface area contributed by atoms with Gasteiger partial charge in [0.25, 0.3) is 0 Å². The molecule has 0 aliphatic carbocycles. The lowest BCUT2D eigenvalue weighted by atomic mass is 10.2. The van der Waals surface area contributed by atoms with Gasteiger partial charge < -0.3 is 10.2 Å². The molecule has 0 fully saturated rings. The third-order valence-electron chi connectivity index (χ3n) is 2.88. The van der Waals surface area contributed by atoms with Crippen molar-refractivity contribution in [2.75, 3.05) is 26.0 Å². The van der Waals surface area contributed by atoms with Crippen LogP contribution in [0.3, 0.4) is 0 Å². The normalized spacial score (nSPS) is 13.2. The zero-order valence-corrected chi connectivity index (χ0v) is 11.5. The van der Waals surface area contributed by atoms with Crippen LogP contribution in [0.4, 0.5) is 5.95 Å². The van der Waals surface area contributed by atoms with E-state index in [9.17, 15) is 0 Å². The highest BCUT2D eigenvalue weighted by Gasteiger charge is 2.07. The molecule has 0 aromatic carbocycles. The summed E-state index contributed by atoms with van der Waals surface area (Å²) in [6, 6.07) is 4.43. The molecule has 98 valence electrons. The lowest BCUT2D eigenvalue weighted by Crippen LogP contribution is -2.23. The van der Waals surface area contributed by atoms with E-state index in [0.717, 1.165) is 18.6 Å². The first-order valence-electron chi connectivity index (χ1n) is 6.29. The topological polar surface area (TPSA) is 45.5 Å². The summed E-state index contributed by atoms with van der Waals surface area (Å²) in [5.74, 6) is 0.701. The van der Waals surface area contributed by atoms with Crippen LogP contribution in [0.25, 0.3) is 5.65 Å². The third kappa shape index (κ3) is 3.20. The molecule has 5 heteroatoms. The molecular formula is C13H21N5. The summed E-state index contributed by atoms with van der Waals surface area (Å²) in [4.78, 5) is 6.65. The van der Waals surface area contributed by atoms with Gasteiger partial charge in [0.05, 0.1) is 0 Å². The Kier molecular flexibility index (Phi) is 3.81. The molecule has 1 unspecified atom stereocenters. The zero-order chi connectivity index (χ0) is 13.1. The molecule has 0 saturated carbocycles. The van der Waals surface area contributed by atoms with Crippen LogP contribution in [0.1, 0.15) is 18.9 Å². The largest absolute Gasteiger partial charge is 0.350 e. The number of nitrogens with one attached hydrogen (secondary N) is 1. The average Bonchev–Trinajstić information content (AvgIpc) is 2.67. The van der Waals surface area contributed by atoms with Crippen molar-refractivity contribution < 1.29 is 0 Å². The van der Waals surface area contributed by atoms with E-state index in [0.29, 0.717) is 12.0 Å². The van der Waals surface area contributed by atoms with E-state index >= 15 is 0 Å². The summed E-state index contributed by atoms with van der Waals surface area (Å²) in [5, 5.41) is 7.74. The van der Waals surface area contributed by atoms with E-state index < -0.39 is 0 Å². The molecule has 0 radical (unpaired) electrons. The van der Waals surface area contributed by atoms with Crippen molar-refractivity contribution in [3.63, 3.8) is 0 Å². The number of anilines is 1. The van der Waals surface area contributed by atoms with Crippen molar-refractivity contribution in [1.82, 2.24) is 19.5 Å². The van der Waals surface area contributed by atoms with E-state index in [1.54, 1.807) is 4.52 Å². The van der Waals surface area contributed by atoms with Gasteiger partial charge in [0.1, 0.15) is 0 Å². The minimum atomic E-state index is 0.367. The standard InChI is InChI=1S/C13H21N5/c1-10-5-8-18-12(9-10)15-13(16-18)14-11(2)6-7-17(3)4/h5,8-9,11H,6-7H2,1-4H3,(H,14,16). The van der Waals surface area contributed by atoms with Crippen LogP contribution in [0.15, 0.2) is 18.3 Å². The van der Waals surface area contributed by atoms with Crippen molar-refractivity contribution >= 4 is 11.6 Å². The summed E-state index contributed by atoms with van der Waals surface area (Å²) < 4.78 is 1.80. The number of aromatic nitrogens is 3. The molecule has 0 bridgehead atoms. The van der Waals surface area contributed by atoms with E-state index in [1.807, 2.05) is 18.3 Å². The van der Waals surface area contributed by atoms with Crippen molar-refractivity contribution in [3.05, 3.63) is 23.9 Å². The molecule has 0 spiro atoms. The molecular weight excluding hydrogens is 226 g/mol. The third-order valence-corrected chi connectivity index (χ3v) is 2.88. The first kappa shape index (κ1) is 12.8. The number of rotatable bonds is 5. The fourth-order valence-corrected chi connectivity index (χ4v) is 1.79. The van der Waals surface area contributed by atoms with E-state index in [-0.39, 0.29) is 0 Å². The van der Waals surface area contributed by atoms with Gasteiger partial charge in [-0.1, -0.05) is 0 Å². The van der Waals surface area contributed by atoms with Crippen LogP contribution in [0.2, 0.25) is 0 Å². The van der Waals surface area contributed by atoms with Crippen LogP contribution < -0.4 is 5.32 Å². The van der Waals surface area contributed by atoms with Gasteiger partial charge in [0, 0.05) is 12.2 Å². The maximum atomic E-state index is 4.47. The predicted octanol–water partition coefficient (Wildman–Crippen LogP) is 1.79. The second-order valence-corrected chi connectivity index (χ2v) is 5.08. The second kappa shape index (κ2) is 5.35. The number of nitrogens with zero attached hydrogens (tertiary/aromatic N) is 4. The quantitative estimate of drug-likeness (QED) is 0.875. The van der Waals surface area contributed by atoms with Gasteiger partial charge in [-0.2, -0.15) is 4.98 Å². The molecule has 2 rings (SSSR count). The van der Waals surface area contributed by atoms with Gasteiger partial charge in [0.15, 0.2) is 5.65 Å². The van der Waals surface area contributed by atoms with Gasteiger partial charge in [0.2, 0.25) is 5.95 Å². The van der Waals surface area contributed by atoms with Crippen LogP contribution in [0.5, 0.6) is 0 Å². The monoisotopic (exact) mass is 247 g/mol. The van der Waals surface area contributed by atoms with Crippen molar-refractivity contribution in [2.24, 2.45) is 0 Å². The first-order chi connectivity index (χ1) is 8.54. The van der Waals surface area contributed by atoms with Gasteiger partial charge >= 0.3 is 0 Å². The number of aryl methyl sites for hydroxylation is 1. The number of hydrogen-bond acceptors (Lipinski definition) is 4. The molecule has 5 nitrogen and oxygen atoms in total. The summed E-state index contributed by atoms with van der Waals surface area (Å²) >= 11 is 0. The smallest absolute Gasteiger partial charge is 0.243 e. The van der Waals surface area contributed by atoms with Crippen LogP contribution in [0, 0.1) is 6.92 Å². The van der Waals surface area contributed by atoms with Crippen molar-refractivity contribution in [2.45, 2.75) is 26.3 Å². The Morgan fingerprint density at radius 2 is 2.22 bits per heavy atom. The Labute approximate surface area is 108 Å². The molecule has 0 amide bonds. The molecule has 0 aliphatic heterocycles. The molecule has 18 heavy (non-hydrogen) atoms. The maximum Gasteiger partial charge on any atom is 0.243 e. The fourth-order valence-electron chi connectivity index (χ4n) is 1.79. The van der Waals surface area contributed by atoms with Gasteiger partial charge in [-0.15, -0.1) is 5.10 Å². The molecule has 2 aromatic rings. The molecule has 0 aliphatic rings. The van der Waals surface area contributed by atoms with Crippen LogP contribution in [-0.4, -0.2) is 46.2 Å². The van der Waals surface area contributed by atoms with Crippen molar-refractivity contribution in [3.8, 4) is 0 Å². The average molecular weight is 247 g/mol. The Morgan fingerprint density at radius 3 is 2.94 bits per heavy atom. The highest BCUT2D eigenvalue weighted by molar-refractivity contribution is 5.45. The summed E-state index contributed by atoms with van der Waals surface area (Å²) in [5.41, 5.74) is 2.08. The minimum absolute atomic E-state index is 0.367. The van der Waals surface area contributed by atoms with Crippen molar-refractivity contribution in [1.29, 1.82) is 0 Å². The van der Waals surface area contributed by atoms with E-state index in [1.165, 1.54) is 5.56 Å². The Hall–Kier alpha value is -1.62. The highest BCUT2D eigenvalue weighted by Crippen LogP contribution is 2.09. The predicted molar refractivity (Wildman–Crippen MR) is 74.0 cm³/mol. The number of fused-ring (bicyclic) bond motifs is 1. The SMILES string of the molecule is Cc1ccn2nc(NC(C)CCN(C)C)nc2c1. The minimum Gasteiger partial charge on any atom is -0.350 e. The second-order valence-electron chi connectivity index (χ2n) is 5.08. The zero-order valence-electron chi connectivity index (χ0n) is 11.5. The fraction of sp³-hybridized carbons (Fsp3) is 0.538. The van der Waals surface area contributed by atoms with Crippen LogP contribution in [-0.2, 0) is 0 Å². The molecule has 2 heterocycles. The molecule has 0 saturated heterocycles. The summed E-state index contributed by atoms with van der Waals surface area (Å²) in [7, 11) is 4.16. The Morgan fingerprint density at radius 1 is 1.44 bits per heavy atom. The van der Waals surface area contributed by atoms with E-state index in [2.05, 4.69) is 48.2 Å². The van der Waals surface area contributed by atoms with Gasteiger partial charge in [-0.05, 0) is 58.6 Å². The lowest BCUT2D eigenvalue weighted by Gasteiger charge is -2.15. The summed E-state index contributed by atoms with van der Waals surface area (Å²) in [6.45, 7) is 5.27. The number of hydrogen-bond donors (Lipinski definition) is 1. The Bertz CT molecular complexity index is 517. The van der Waals surface area contributed by atoms with Gasteiger partial charge in [-0.3, -0.25) is 0 Å². The summed E-state index contributed by atoms with van der Waals surface area (Å²) in [6.07, 6.45) is 3.01. The lowest BCUT2D eigenvalue weighted by molar-refractivity contribution is 0.390. The molecule has 2 aromatic heterocycles. The number of pyridine rings is 1. The van der Waals surface area contributed by atoms with E-state index in [4.69, 9.17) is 0 Å². The first-order valence-corrected chi connectivity index (χ1v) is 6.29. The maximum absolute atomic E-state index is 4.47. The molecule has 1 N–H and O–H groups in total. The Balaban J connectivity index is 2.03.